The topological polar surface area (TPSA) is 111 Å². The van der Waals surface area contributed by atoms with Crippen LogP contribution in [0, 0.1) is 5.82 Å². The van der Waals surface area contributed by atoms with Crippen molar-refractivity contribution < 1.29 is 32.2 Å². The first-order valence-corrected chi connectivity index (χ1v) is 15.3. The van der Waals surface area contributed by atoms with E-state index in [0.717, 1.165) is 3.97 Å². The molecule has 0 saturated carbocycles. The van der Waals surface area contributed by atoms with Crippen LogP contribution in [0.15, 0.2) is 60.8 Å². The Kier molecular flexibility index (Phi) is 7.47. The van der Waals surface area contributed by atoms with Gasteiger partial charge in [0.2, 0.25) is 10.0 Å². The summed E-state index contributed by atoms with van der Waals surface area (Å²) in [7, 11) is -2.70. The smallest absolute Gasteiger partial charge is 0.410 e. The number of aromatic nitrogens is 2. The van der Waals surface area contributed by atoms with Crippen LogP contribution in [0.4, 0.5) is 9.18 Å². The number of methoxy groups -OCH3 is 1. The second-order valence-electron chi connectivity index (χ2n) is 12.1. The largest absolute Gasteiger partial charge is 0.496 e. The molecule has 0 spiro atoms. The van der Waals surface area contributed by atoms with Crippen molar-refractivity contribution in [3.8, 4) is 5.75 Å². The number of benzene rings is 1. The van der Waals surface area contributed by atoms with E-state index in [1.807, 2.05) is 0 Å². The van der Waals surface area contributed by atoms with E-state index in [2.05, 4.69) is 4.98 Å². The number of pyridine rings is 1. The van der Waals surface area contributed by atoms with Crippen molar-refractivity contribution in [3.05, 3.63) is 77.9 Å². The first kappa shape index (κ1) is 29.8. The molecule has 11 heteroatoms. The van der Waals surface area contributed by atoms with Crippen LogP contribution in [0.2, 0.25) is 0 Å². The molecule has 0 radical (unpaired) electrons. The molecule has 1 fully saturated rings. The third-order valence-electron chi connectivity index (χ3n) is 7.88. The van der Waals surface area contributed by atoms with Crippen LogP contribution >= 0.6 is 0 Å². The van der Waals surface area contributed by atoms with Crippen molar-refractivity contribution in [1.29, 1.82) is 0 Å². The van der Waals surface area contributed by atoms with Crippen molar-refractivity contribution in [2.24, 2.45) is 0 Å². The van der Waals surface area contributed by atoms with Crippen molar-refractivity contribution in [3.63, 3.8) is 0 Å². The predicted octanol–water partition coefficient (Wildman–Crippen LogP) is 5.38. The van der Waals surface area contributed by atoms with Crippen LogP contribution in [0.1, 0.15) is 58.2 Å². The second kappa shape index (κ2) is 10.5. The number of halogens is 1. The molecule has 1 aliphatic carbocycles. The van der Waals surface area contributed by atoms with Gasteiger partial charge in [-0.3, -0.25) is 0 Å². The summed E-state index contributed by atoms with van der Waals surface area (Å²) in [5.74, 6) is 0.0446. The zero-order valence-electron chi connectivity index (χ0n) is 24.4. The first-order chi connectivity index (χ1) is 19.7. The fourth-order valence-electron chi connectivity index (χ4n) is 5.44. The standard InChI is InChI=1S/C31H36FN3O6S/c1-29(2,3)41-28(36)34-17-14-31(37,15-18-34)26-19-22-7-6-16-33-27(22)35(26)42(38,39)30(4)12-10-21(11-13-30)24-20-23(32)8-9-25(24)40-5/h6-12,16,19-20,37H,13-15,17-18H2,1-5H3. The van der Waals surface area contributed by atoms with E-state index >= 15 is 0 Å². The molecule has 5 rings (SSSR count). The second-order valence-corrected chi connectivity index (χ2v) is 14.3. The van der Waals surface area contributed by atoms with Gasteiger partial charge in [0.05, 0.1) is 12.8 Å². The van der Waals surface area contributed by atoms with Crippen molar-refractivity contribution in [1.82, 2.24) is 13.9 Å². The van der Waals surface area contributed by atoms with E-state index in [1.54, 1.807) is 64.1 Å². The maximum atomic E-state index is 14.5. The number of nitrogens with zero attached hydrogens (tertiary/aromatic N) is 3. The van der Waals surface area contributed by atoms with E-state index in [9.17, 15) is 22.7 Å². The summed E-state index contributed by atoms with van der Waals surface area (Å²) in [6.45, 7) is 7.36. The summed E-state index contributed by atoms with van der Waals surface area (Å²) in [6, 6.07) is 9.32. The molecule has 2 aliphatic rings. The first-order valence-electron chi connectivity index (χ1n) is 13.8. The van der Waals surface area contributed by atoms with Gasteiger partial charge in [0.1, 0.15) is 27.5 Å². The van der Waals surface area contributed by atoms with Gasteiger partial charge in [0, 0.05) is 30.2 Å². The molecule has 3 aromatic rings. The maximum absolute atomic E-state index is 14.5. The number of hydrogen-bond donors (Lipinski definition) is 1. The van der Waals surface area contributed by atoms with Gasteiger partial charge >= 0.3 is 6.09 Å². The summed E-state index contributed by atoms with van der Waals surface area (Å²) < 4.78 is 53.7. The average Bonchev–Trinajstić information content (AvgIpc) is 3.34. The zero-order chi connectivity index (χ0) is 30.5. The molecular formula is C31H36FN3O6S. The van der Waals surface area contributed by atoms with Crippen LogP contribution in [-0.4, -0.2) is 64.0 Å². The predicted molar refractivity (Wildman–Crippen MR) is 158 cm³/mol. The Morgan fingerprint density at radius 3 is 2.48 bits per heavy atom. The maximum Gasteiger partial charge on any atom is 0.410 e. The van der Waals surface area contributed by atoms with Gasteiger partial charge in [-0.25, -0.2) is 26.6 Å². The summed E-state index contributed by atoms with van der Waals surface area (Å²) in [5, 5.41) is 12.5. The van der Waals surface area contributed by atoms with E-state index in [0.29, 0.717) is 22.3 Å². The number of likely N-dealkylation sites (tertiary alicyclic amines) is 1. The molecule has 1 N–H and O–H groups in total. The Morgan fingerprint density at radius 1 is 1.14 bits per heavy atom. The fraction of sp³-hybridized carbons (Fsp3) is 0.419. The number of aliphatic hydroxyl groups is 1. The monoisotopic (exact) mass is 597 g/mol. The number of carbonyl (C=O) groups is 1. The number of ether oxygens (including phenoxy) is 2. The molecule has 2 aromatic heterocycles. The number of allylic oxidation sites excluding steroid dienone is 3. The molecule has 1 aliphatic heterocycles. The molecule has 224 valence electrons. The van der Waals surface area contributed by atoms with Crippen molar-refractivity contribution >= 4 is 32.7 Å². The van der Waals surface area contributed by atoms with Crippen molar-refractivity contribution in [2.75, 3.05) is 20.2 Å². The third kappa shape index (κ3) is 5.31. The molecule has 1 saturated heterocycles. The van der Waals surface area contributed by atoms with E-state index in [-0.39, 0.29) is 43.7 Å². The van der Waals surface area contributed by atoms with E-state index in [1.165, 1.54) is 36.4 Å². The zero-order valence-corrected chi connectivity index (χ0v) is 25.2. The summed E-state index contributed by atoms with van der Waals surface area (Å²) in [5.41, 5.74) is -0.607. The number of hydrogen-bond acceptors (Lipinski definition) is 7. The Bertz CT molecular complexity index is 1700. The minimum atomic E-state index is -4.19. The highest BCUT2D eigenvalue weighted by molar-refractivity contribution is 7.91. The quantitative estimate of drug-likeness (QED) is 0.420. The van der Waals surface area contributed by atoms with Crippen LogP contribution in [0.5, 0.6) is 5.75 Å². The number of carbonyl (C=O) groups excluding carboxylic acids is 1. The van der Waals surface area contributed by atoms with Gasteiger partial charge in [-0.15, -0.1) is 0 Å². The molecular weight excluding hydrogens is 561 g/mol. The highest BCUT2D eigenvalue weighted by Crippen LogP contribution is 2.42. The van der Waals surface area contributed by atoms with Crippen LogP contribution < -0.4 is 4.74 Å². The molecule has 1 unspecified atom stereocenters. The average molecular weight is 598 g/mol. The number of fused-ring (bicyclic) bond motifs is 1. The highest BCUT2D eigenvalue weighted by atomic mass is 32.2. The highest BCUT2D eigenvalue weighted by Gasteiger charge is 2.46. The Hall–Kier alpha value is -3.70. The number of amides is 1. The minimum Gasteiger partial charge on any atom is -0.496 e. The molecule has 0 bridgehead atoms. The molecule has 42 heavy (non-hydrogen) atoms. The van der Waals surface area contributed by atoms with Gasteiger partial charge in [-0.05, 0) is 88.9 Å². The Balaban J connectivity index is 1.50. The fourth-order valence-corrected chi connectivity index (χ4v) is 7.25. The van der Waals surface area contributed by atoms with Crippen LogP contribution in [0.3, 0.4) is 0 Å². The molecule has 1 atom stereocenters. The third-order valence-corrected chi connectivity index (χ3v) is 10.2. The molecule has 1 aromatic carbocycles. The minimum absolute atomic E-state index is 0.0949. The molecule has 1 amide bonds. The van der Waals surface area contributed by atoms with Gasteiger partial charge in [0.25, 0.3) is 0 Å². The number of rotatable bonds is 5. The lowest BCUT2D eigenvalue weighted by Gasteiger charge is -2.39. The summed E-state index contributed by atoms with van der Waals surface area (Å²) in [6.07, 6.45) is 6.37. The summed E-state index contributed by atoms with van der Waals surface area (Å²) >= 11 is 0. The Labute approximate surface area is 245 Å². The van der Waals surface area contributed by atoms with Gasteiger partial charge in [0.15, 0.2) is 5.65 Å². The summed E-state index contributed by atoms with van der Waals surface area (Å²) in [4.78, 5) is 18.5. The van der Waals surface area contributed by atoms with E-state index in [4.69, 9.17) is 9.47 Å². The van der Waals surface area contributed by atoms with Gasteiger partial charge < -0.3 is 19.5 Å². The van der Waals surface area contributed by atoms with E-state index < -0.39 is 37.9 Å². The molecule has 9 nitrogen and oxygen atoms in total. The van der Waals surface area contributed by atoms with Gasteiger partial charge in [-0.2, -0.15) is 0 Å². The van der Waals surface area contributed by atoms with Crippen LogP contribution in [-0.2, 0) is 20.4 Å². The lowest BCUT2D eigenvalue weighted by Crippen LogP contribution is -2.48. The van der Waals surface area contributed by atoms with Gasteiger partial charge in [-0.1, -0.05) is 18.2 Å². The lowest BCUT2D eigenvalue weighted by molar-refractivity contribution is -0.0384. The SMILES string of the molecule is COc1ccc(F)cc1C1=CCC(C)(S(=O)(=O)n2c(C3(O)CCN(C(=O)OC(C)(C)C)CC3)cc3cccnc32)C=C1. The van der Waals surface area contributed by atoms with Crippen molar-refractivity contribution in [2.45, 2.75) is 62.9 Å². The lowest BCUT2D eigenvalue weighted by atomic mass is 9.88. The number of piperidine rings is 1. The normalized spacial score (nSPS) is 20.8. The Morgan fingerprint density at radius 2 is 1.86 bits per heavy atom. The molecule has 3 heterocycles. The van der Waals surface area contributed by atoms with Crippen LogP contribution in [0.25, 0.3) is 16.6 Å².